The number of thiocarbonyl (C=S) groups is 1. The molecule has 0 aliphatic carbocycles. The number of nitrogens with zero attached hydrogens (tertiary/aromatic N) is 2. The van der Waals surface area contributed by atoms with E-state index in [1.54, 1.807) is 0 Å². The van der Waals surface area contributed by atoms with Crippen molar-refractivity contribution in [2.75, 3.05) is 12.3 Å². The number of carbonyl (C=O) groups excluding carboxylic acids is 1. The second-order valence-corrected chi connectivity index (χ2v) is 3.36. The van der Waals surface area contributed by atoms with E-state index >= 15 is 0 Å². The van der Waals surface area contributed by atoms with E-state index in [4.69, 9.17) is 0 Å². The molecule has 0 saturated heterocycles. The minimum atomic E-state index is 0.480. The molecule has 0 bridgehead atoms. The van der Waals surface area contributed by atoms with E-state index in [9.17, 15) is 4.79 Å². The maximum Gasteiger partial charge on any atom is 0.234 e. The predicted octanol–water partition coefficient (Wildman–Crippen LogP) is 1.72. The third-order valence-corrected chi connectivity index (χ3v) is 2.35. The van der Waals surface area contributed by atoms with E-state index in [1.165, 1.54) is 27.9 Å². The molecule has 0 amide bonds. The predicted molar refractivity (Wildman–Crippen MR) is 48.1 cm³/mol. The molecule has 0 aromatic carbocycles. The zero-order chi connectivity index (χ0) is 7.66. The molecule has 0 N–H and O–H groups in total. The Balaban J connectivity index is 3.04. The summed E-state index contributed by atoms with van der Waals surface area (Å²) >= 11 is 4.32. The first-order chi connectivity index (χ1) is 4.91. The molecule has 0 heterocycles. The average Bonchev–Trinajstić information content (AvgIpc) is 1.97. The van der Waals surface area contributed by atoms with Crippen LogP contribution in [0.5, 0.6) is 0 Å². The van der Waals surface area contributed by atoms with E-state index in [2.05, 4.69) is 26.8 Å². The third kappa shape index (κ3) is 7.88. The molecule has 0 aliphatic rings. The second kappa shape index (κ2) is 8.88. The molecule has 0 saturated carbocycles. The maximum atomic E-state index is 9.53. The second-order valence-electron chi connectivity index (χ2n) is 1.05. The molecule has 0 fully saturated rings. The highest BCUT2D eigenvalue weighted by Crippen LogP contribution is 2.20. The van der Waals surface area contributed by atoms with Gasteiger partial charge in [-0.05, 0) is 12.2 Å². The number of isothiocyanates is 1. The molecule has 10 heavy (non-hydrogen) atoms. The van der Waals surface area contributed by atoms with Gasteiger partial charge in [-0.2, -0.15) is 0 Å². The van der Waals surface area contributed by atoms with E-state index in [0.717, 1.165) is 5.75 Å². The summed E-state index contributed by atoms with van der Waals surface area (Å²) in [6.07, 6.45) is 1.44. The quantitative estimate of drug-likeness (QED) is 0.166. The van der Waals surface area contributed by atoms with E-state index < -0.39 is 0 Å². The Morgan fingerprint density at radius 2 is 2.40 bits per heavy atom. The lowest BCUT2D eigenvalue weighted by Gasteiger charge is -1.86. The molecule has 54 valence electrons. The van der Waals surface area contributed by atoms with Crippen molar-refractivity contribution >= 4 is 45.2 Å². The first kappa shape index (κ1) is 9.88. The van der Waals surface area contributed by atoms with Gasteiger partial charge in [-0.3, -0.25) is 0 Å². The molecule has 0 rings (SSSR count). The summed E-state index contributed by atoms with van der Waals surface area (Å²) in [6, 6.07) is 0. The number of aliphatic imine (C=N–C) groups is 1. The first-order valence-corrected chi connectivity index (χ1v) is 4.99. The average molecular weight is 192 g/mol. The largest absolute Gasteiger partial charge is 0.234 e. The fourth-order valence-electron chi connectivity index (χ4n) is 0.207. The maximum absolute atomic E-state index is 9.53. The Hall–Kier alpha value is -0.120. The Labute approximate surface area is 71.9 Å². The van der Waals surface area contributed by atoms with Crippen molar-refractivity contribution < 1.29 is 4.79 Å². The topological polar surface area (TPSA) is 41.8 Å². The summed E-state index contributed by atoms with van der Waals surface area (Å²) in [5, 5.41) is 2.20. The smallest absolute Gasteiger partial charge is 0.211 e. The normalized spacial score (nSPS) is 7.60. The van der Waals surface area contributed by atoms with Crippen molar-refractivity contribution in [2.45, 2.75) is 0 Å². The number of hydrogen-bond donors (Lipinski definition) is 0. The van der Waals surface area contributed by atoms with Crippen LogP contribution in [-0.2, 0) is 4.79 Å². The molecule has 0 aliphatic heterocycles. The zero-order valence-electron chi connectivity index (χ0n) is 4.94. The third-order valence-electron chi connectivity index (χ3n) is 0.478. The van der Waals surface area contributed by atoms with Gasteiger partial charge in [-0.25, -0.2) is 9.79 Å². The molecule has 0 unspecified atom stereocenters. The van der Waals surface area contributed by atoms with Gasteiger partial charge in [0.1, 0.15) is 0 Å². The van der Waals surface area contributed by atoms with E-state index in [0.29, 0.717) is 6.54 Å². The highest BCUT2D eigenvalue weighted by Gasteiger charge is 1.84. The van der Waals surface area contributed by atoms with Crippen molar-refractivity contribution in [3.8, 4) is 0 Å². The molecular formula is C4H4N2OS3. The summed E-state index contributed by atoms with van der Waals surface area (Å²) in [7, 11) is 2.71. The molecule has 0 radical (unpaired) electrons. The first-order valence-electron chi connectivity index (χ1n) is 2.31. The Bertz CT molecular complexity index is 151. The van der Waals surface area contributed by atoms with Crippen LogP contribution in [0, 0.1) is 0 Å². The van der Waals surface area contributed by atoms with Crippen LogP contribution in [0.1, 0.15) is 0 Å². The van der Waals surface area contributed by atoms with Crippen LogP contribution in [0.3, 0.4) is 0 Å². The summed E-state index contributed by atoms with van der Waals surface area (Å²) in [4.78, 5) is 12.9. The van der Waals surface area contributed by atoms with Gasteiger partial charge in [0.2, 0.25) is 6.08 Å². The Kier molecular flexibility index (Phi) is 8.77. The molecule has 3 nitrogen and oxygen atoms in total. The lowest BCUT2D eigenvalue weighted by Crippen LogP contribution is -1.79. The van der Waals surface area contributed by atoms with Crippen LogP contribution in [0.4, 0.5) is 0 Å². The van der Waals surface area contributed by atoms with Gasteiger partial charge < -0.3 is 0 Å². The summed E-state index contributed by atoms with van der Waals surface area (Å²) in [5.41, 5.74) is 0. The summed E-state index contributed by atoms with van der Waals surface area (Å²) in [5.74, 6) is 0.737. The number of rotatable bonds is 5. The minimum absolute atomic E-state index is 0.480. The highest BCUT2D eigenvalue weighted by atomic mass is 33.1. The molecule has 0 spiro atoms. The lowest BCUT2D eigenvalue weighted by atomic mass is 10.8. The van der Waals surface area contributed by atoms with Crippen molar-refractivity contribution in [3.05, 3.63) is 0 Å². The Morgan fingerprint density at radius 3 is 3.00 bits per heavy atom. The van der Waals surface area contributed by atoms with E-state index in [-0.39, 0.29) is 0 Å². The molecule has 0 aromatic heterocycles. The van der Waals surface area contributed by atoms with Crippen molar-refractivity contribution in [3.63, 3.8) is 0 Å². The SMILES string of the molecule is O=C=NCCSSN=C=S. The zero-order valence-corrected chi connectivity index (χ0v) is 7.39. The number of isocyanates is 1. The molecule has 6 heteroatoms. The summed E-state index contributed by atoms with van der Waals surface area (Å²) in [6.45, 7) is 0.480. The fraction of sp³-hybridized carbons (Fsp3) is 0.500. The van der Waals surface area contributed by atoms with Gasteiger partial charge in [0.15, 0.2) is 0 Å². The summed E-state index contributed by atoms with van der Waals surface area (Å²) < 4.78 is 3.57. The lowest BCUT2D eigenvalue weighted by molar-refractivity contribution is 0.563. The van der Waals surface area contributed by atoms with Gasteiger partial charge in [0, 0.05) is 5.75 Å². The fourth-order valence-corrected chi connectivity index (χ4v) is 1.50. The van der Waals surface area contributed by atoms with Crippen LogP contribution in [0.15, 0.2) is 9.39 Å². The molecule has 0 aromatic rings. The van der Waals surface area contributed by atoms with Crippen LogP contribution in [-0.4, -0.2) is 23.5 Å². The van der Waals surface area contributed by atoms with E-state index in [1.807, 2.05) is 0 Å². The molecule has 0 atom stereocenters. The van der Waals surface area contributed by atoms with Crippen molar-refractivity contribution in [1.82, 2.24) is 0 Å². The van der Waals surface area contributed by atoms with Gasteiger partial charge >= 0.3 is 0 Å². The van der Waals surface area contributed by atoms with Crippen molar-refractivity contribution in [2.24, 2.45) is 9.39 Å². The van der Waals surface area contributed by atoms with Gasteiger partial charge in [0.25, 0.3) is 0 Å². The van der Waals surface area contributed by atoms with Crippen LogP contribution >= 0.6 is 34.0 Å². The van der Waals surface area contributed by atoms with Crippen LogP contribution in [0.25, 0.3) is 0 Å². The van der Waals surface area contributed by atoms with Crippen molar-refractivity contribution in [1.29, 1.82) is 0 Å². The van der Waals surface area contributed by atoms with Crippen LogP contribution < -0.4 is 0 Å². The molecular weight excluding hydrogens is 188 g/mol. The Morgan fingerprint density at radius 1 is 1.60 bits per heavy atom. The standard InChI is InChI=1S/C4H4N2OS3/c7-3-5-1-2-9-10-6-4-8/h1-2H2. The monoisotopic (exact) mass is 192 g/mol. The number of hydrogen-bond acceptors (Lipinski definition) is 6. The van der Waals surface area contributed by atoms with Gasteiger partial charge in [0.05, 0.1) is 22.7 Å². The van der Waals surface area contributed by atoms with Gasteiger partial charge in [-0.15, -0.1) is 4.40 Å². The minimum Gasteiger partial charge on any atom is -0.211 e. The highest BCUT2D eigenvalue weighted by molar-refractivity contribution is 8.76. The van der Waals surface area contributed by atoms with Crippen LogP contribution in [0.2, 0.25) is 0 Å². The van der Waals surface area contributed by atoms with Gasteiger partial charge in [-0.1, -0.05) is 10.8 Å².